The fourth-order valence-electron chi connectivity index (χ4n) is 2.09. The maximum Gasteiger partial charge on any atom is 0.224 e. The summed E-state index contributed by atoms with van der Waals surface area (Å²) < 4.78 is 48.5. The van der Waals surface area contributed by atoms with E-state index in [1.165, 1.54) is 0 Å². The van der Waals surface area contributed by atoms with E-state index in [1.54, 1.807) is 0 Å². The molecule has 1 aliphatic rings. The number of anilines is 1. The van der Waals surface area contributed by atoms with Gasteiger partial charge in [0.1, 0.15) is 11.6 Å². The number of hydrogen-bond acceptors (Lipinski definition) is 3. The van der Waals surface area contributed by atoms with Gasteiger partial charge < -0.3 is 5.32 Å². The molecule has 4 nitrogen and oxygen atoms in total. The van der Waals surface area contributed by atoms with Gasteiger partial charge in [0.15, 0.2) is 9.84 Å². The molecule has 1 aromatic rings. The van der Waals surface area contributed by atoms with Crippen LogP contribution >= 0.6 is 0 Å². The van der Waals surface area contributed by atoms with E-state index in [1.807, 2.05) is 0 Å². The van der Waals surface area contributed by atoms with Crippen LogP contribution in [-0.4, -0.2) is 25.8 Å². The minimum Gasteiger partial charge on any atom is -0.324 e. The van der Waals surface area contributed by atoms with Crippen molar-refractivity contribution in [1.82, 2.24) is 0 Å². The number of rotatable bonds is 3. The molecule has 1 saturated heterocycles. The Hall–Kier alpha value is -1.50. The second-order valence-corrected chi connectivity index (χ2v) is 6.87. The average molecular weight is 289 g/mol. The van der Waals surface area contributed by atoms with Crippen molar-refractivity contribution in [2.45, 2.75) is 12.8 Å². The lowest BCUT2D eigenvalue weighted by Gasteiger charge is -2.09. The largest absolute Gasteiger partial charge is 0.324 e. The summed E-state index contributed by atoms with van der Waals surface area (Å²) in [6, 6.07) is 2.85. The van der Waals surface area contributed by atoms with Crippen molar-refractivity contribution in [3.8, 4) is 0 Å². The third-order valence-electron chi connectivity index (χ3n) is 3.01. The average Bonchev–Trinajstić information content (AvgIpc) is 2.62. The summed E-state index contributed by atoms with van der Waals surface area (Å²) in [5, 5.41) is 2.32. The van der Waals surface area contributed by atoms with Crippen LogP contribution < -0.4 is 5.32 Å². The zero-order chi connectivity index (χ0) is 14.0. The van der Waals surface area contributed by atoms with Crippen molar-refractivity contribution in [2.75, 3.05) is 16.8 Å². The molecule has 0 unspecified atom stereocenters. The zero-order valence-corrected chi connectivity index (χ0v) is 10.8. The Morgan fingerprint density at radius 1 is 1.37 bits per heavy atom. The third kappa shape index (κ3) is 3.73. The van der Waals surface area contributed by atoms with Crippen LogP contribution in [0.2, 0.25) is 0 Å². The van der Waals surface area contributed by atoms with Gasteiger partial charge in [0.2, 0.25) is 5.91 Å². The molecule has 0 aromatic heterocycles. The Balaban J connectivity index is 1.95. The summed E-state index contributed by atoms with van der Waals surface area (Å²) in [4.78, 5) is 11.7. The summed E-state index contributed by atoms with van der Waals surface area (Å²) in [6.45, 7) is 0. The van der Waals surface area contributed by atoms with Gasteiger partial charge in [-0.2, -0.15) is 0 Å². The zero-order valence-electron chi connectivity index (χ0n) is 10.0. The van der Waals surface area contributed by atoms with Crippen molar-refractivity contribution in [3.63, 3.8) is 0 Å². The van der Waals surface area contributed by atoms with E-state index in [4.69, 9.17) is 0 Å². The first kappa shape index (κ1) is 13.9. The van der Waals surface area contributed by atoms with Crippen molar-refractivity contribution in [3.05, 3.63) is 29.8 Å². The molecular weight excluding hydrogens is 276 g/mol. The van der Waals surface area contributed by atoms with Gasteiger partial charge in [0, 0.05) is 12.5 Å². The first-order valence-corrected chi connectivity index (χ1v) is 7.63. The van der Waals surface area contributed by atoms with Crippen LogP contribution in [0.5, 0.6) is 0 Å². The molecule has 0 aliphatic carbocycles. The number of nitrogens with one attached hydrogen (secondary N) is 1. The number of carbonyl (C=O) groups is 1. The first-order chi connectivity index (χ1) is 8.85. The minimum absolute atomic E-state index is 0.00762. The van der Waals surface area contributed by atoms with E-state index < -0.39 is 27.4 Å². The highest BCUT2D eigenvalue weighted by molar-refractivity contribution is 7.91. The molecule has 1 amide bonds. The monoisotopic (exact) mass is 289 g/mol. The van der Waals surface area contributed by atoms with Crippen molar-refractivity contribution < 1.29 is 22.0 Å². The normalized spacial score (nSPS) is 21.3. The minimum atomic E-state index is -3.03. The Kier molecular flexibility index (Phi) is 3.84. The highest BCUT2D eigenvalue weighted by Crippen LogP contribution is 2.22. The number of amides is 1. The highest BCUT2D eigenvalue weighted by atomic mass is 32.2. The summed E-state index contributed by atoms with van der Waals surface area (Å²) >= 11 is 0. The molecule has 0 radical (unpaired) electrons. The molecule has 1 heterocycles. The smallest absolute Gasteiger partial charge is 0.224 e. The van der Waals surface area contributed by atoms with Crippen molar-refractivity contribution >= 4 is 21.4 Å². The fraction of sp³-hybridized carbons (Fsp3) is 0.417. The lowest BCUT2D eigenvalue weighted by molar-refractivity contribution is -0.116. The molecule has 19 heavy (non-hydrogen) atoms. The predicted octanol–water partition coefficient (Wildman–Crippen LogP) is 1.73. The molecule has 1 fully saturated rings. The summed E-state index contributed by atoms with van der Waals surface area (Å²) in [5.41, 5.74) is -0.104. The molecule has 0 bridgehead atoms. The second kappa shape index (κ2) is 5.24. The molecule has 1 aliphatic heterocycles. The van der Waals surface area contributed by atoms with Crippen LogP contribution in [0.4, 0.5) is 14.5 Å². The standard InChI is InChI=1S/C12H13F2NO3S/c13-9-1-2-11(10(14)6-9)15-12(16)5-8-3-4-19(17,18)7-8/h1-2,6,8H,3-5,7H2,(H,15,16)/t8-/m1/s1. The lowest BCUT2D eigenvalue weighted by Crippen LogP contribution is -2.18. The first-order valence-electron chi connectivity index (χ1n) is 5.81. The number of benzene rings is 1. The number of carbonyl (C=O) groups excluding carboxylic acids is 1. The summed E-state index contributed by atoms with van der Waals surface area (Å²) in [5.74, 6) is -2.19. The van der Waals surface area contributed by atoms with Gasteiger partial charge in [0.25, 0.3) is 0 Å². The SMILES string of the molecule is O=C(C[C@H]1CCS(=O)(=O)C1)Nc1ccc(F)cc1F. The lowest BCUT2D eigenvalue weighted by atomic mass is 10.1. The van der Waals surface area contributed by atoms with Crippen LogP contribution in [0, 0.1) is 17.6 Å². The highest BCUT2D eigenvalue weighted by Gasteiger charge is 2.29. The summed E-state index contributed by atoms with van der Waals surface area (Å²) in [6.07, 6.45) is 0.470. The fourth-order valence-corrected chi connectivity index (χ4v) is 3.95. The molecule has 0 spiro atoms. The molecule has 2 rings (SSSR count). The van der Waals surface area contributed by atoms with E-state index in [9.17, 15) is 22.0 Å². The van der Waals surface area contributed by atoms with Gasteiger partial charge in [-0.25, -0.2) is 17.2 Å². The Bertz CT molecular complexity index is 601. The van der Waals surface area contributed by atoms with Crippen molar-refractivity contribution in [1.29, 1.82) is 0 Å². The van der Waals surface area contributed by atoms with Gasteiger partial charge in [0.05, 0.1) is 17.2 Å². The quantitative estimate of drug-likeness (QED) is 0.921. The van der Waals surface area contributed by atoms with Crippen LogP contribution in [0.15, 0.2) is 18.2 Å². The molecule has 7 heteroatoms. The van der Waals surface area contributed by atoms with Gasteiger partial charge in [-0.1, -0.05) is 0 Å². The third-order valence-corrected chi connectivity index (χ3v) is 4.84. The maximum atomic E-state index is 13.3. The molecule has 0 saturated carbocycles. The molecule has 104 valence electrons. The van der Waals surface area contributed by atoms with Crippen molar-refractivity contribution in [2.24, 2.45) is 5.92 Å². The Morgan fingerprint density at radius 3 is 2.68 bits per heavy atom. The second-order valence-electron chi connectivity index (χ2n) is 4.65. The summed E-state index contributed by atoms with van der Waals surface area (Å²) in [7, 11) is -3.03. The van der Waals surface area contributed by atoms with E-state index in [0.717, 1.165) is 12.1 Å². The molecular formula is C12H13F2NO3S. The number of sulfone groups is 1. The van der Waals surface area contributed by atoms with Gasteiger partial charge in [-0.15, -0.1) is 0 Å². The molecule has 1 aromatic carbocycles. The van der Waals surface area contributed by atoms with Crippen LogP contribution in [-0.2, 0) is 14.6 Å². The maximum absolute atomic E-state index is 13.3. The van der Waals surface area contributed by atoms with E-state index in [-0.39, 0.29) is 29.5 Å². The Labute approximate surface area is 109 Å². The van der Waals surface area contributed by atoms with E-state index >= 15 is 0 Å². The number of hydrogen-bond donors (Lipinski definition) is 1. The molecule has 1 N–H and O–H groups in total. The van der Waals surface area contributed by atoms with Crippen LogP contribution in [0.25, 0.3) is 0 Å². The predicted molar refractivity (Wildman–Crippen MR) is 66.4 cm³/mol. The van der Waals surface area contributed by atoms with Crippen LogP contribution in [0.1, 0.15) is 12.8 Å². The van der Waals surface area contributed by atoms with E-state index in [0.29, 0.717) is 12.5 Å². The van der Waals surface area contributed by atoms with Gasteiger partial charge >= 0.3 is 0 Å². The van der Waals surface area contributed by atoms with Gasteiger partial charge in [-0.3, -0.25) is 4.79 Å². The van der Waals surface area contributed by atoms with Crippen LogP contribution in [0.3, 0.4) is 0 Å². The molecule has 1 atom stereocenters. The topological polar surface area (TPSA) is 63.2 Å². The van der Waals surface area contributed by atoms with E-state index in [2.05, 4.69) is 5.32 Å². The number of halogens is 2. The van der Waals surface area contributed by atoms with Gasteiger partial charge in [-0.05, 0) is 24.5 Å². The Morgan fingerprint density at radius 2 is 2.11 bits per heavy atom.